The van der Waals surface area contributed by atoms with Crippen molar-refractivity contribution in [2.75, 3.05) is 14.2 Å². The molecule has 0 aromatic heterocycles. The number of alkyl halides is 1. The maximum Gasteiger partial charge on any atom is 0.184 e. The molecule has 2 aromatic rings. The van der Waals surface area contributed by atoms with Gasteiger partial charge in [0.2, 0.25) is 0 Å². The maximum atomic E-state index is 13.1. The van der Waals surface area contributed by atoms with Crippen LogP contribution in [0.25, 0.3) is 0 Å². The molecule has 0 aliphatic heterocycles. The van der Waals surface area contributed by atoms with Gasteiger partial charge < -0.3 is 9.47 Å². The van der Waals surface area contributed by atoms with Crippen molar-refractivity contribution in [3.8, 4) is 11.5 Å². The number of fused-ring (bicyclic) bond motifs is 1. The molecule has 2 aliphatic carbocycles. The van der Waals surface area contributed by atoms with E-state index in [0.717, 1.165) is 37.2 Å². The van der Waals surface area contributed by atoms with Gasteiger partial charge in [0, 0.05) is 5.56 Å². The van der Waals surface area contributed by atoms with Crippen LogP contribution in [0, 0.1) is 11.8 Å². The van der Waals surface area contributed by atoms with E-state index in [-0.39, 0.29) is 18.2 Å². The molecule has 0 radical (unpaired) electrons. The Kier molecular flexibility index (Phi) is 7.36. The third kappa shape index (κ3) is 4.63. The predicted octanol–water partition coefficient (Wildman–Crippen LogP) is 6.28. The topological polar surface area (TPSA) is 35.5 Å². The minimum Gasteiger partial charge on any atom is -0.493 e. The average Bonchev–Trinajstić information content (AvgIpc) is 2.98. The summed E-state index contributed by atoms with van der Waals surface area (Å²) in [5.74, 6) is 2.54. The molecular weight excluding hydrogens is 419 g/mol. The molecule has 1 saturated carbocycles. The fourth-order valence-corrected chi connectivity index (χ4v) is 5.58. The van der Waals surface area contributed by atoms with Gasteiger partial charge in [-0.2, -0.15) is 0 Å². The zero-order chi connectivity index (χ0) is 20.4. The molecule has 5 heteroatoms. The van der Waals surface area contributed by atoms with Crippen LogP contribution >= 0.6 is 24.0 Å². The summed E-state index contributed by atoms with van der Waals surface area (Å²) in [5, 5.41) is 0. The highest BCUT2D eigenvalue weighted by Crippen LogP contribution is 2.46. The van der Waals surface area contributed by atoms with Gasteiger partial charge in [-0.1, -0.05) is 43.2 Å². The van der Waals surface area contributed by atoms with Crippen molar-refractivity contribution in [1.82, 2.24) is 0 Å². The average molecular weight is 449 g/mol. The number of ether oxygens (including phenoxy) is 2. The van der Waals surface area contributed by atoms with Crippen LogP contribution in [0.15, 0.2) is 42.5 Å². The second kappa shape index (κ2) is 9.62. The van der Waals surface area contributed by atoms with Gasteiger partial charge in [0.25, 0.3) is 0 Å². The van der Waals surface area contributed by atoms with Gasteiger partial charge in [0.15, 0.2) is 17.3 Å². The number of Topliss-reactive ketones (excluding diaryl/α,β-unsaturated/α-hetero) is 1. The van der Waals surface area contributed by atoms with Crippen LogP contribution in [-0.2, 0) is 12.8 Å². The molecular formula is C25H30Cl2O3. The van der Waals surface area contributed by atoms with Gasteiger partial charge in [-0.05, 0) is 67.2 Å². The summed E-state index contributed by atoms with van der Waals surface area (Å²) < 4.78 is 10.8. The van der Waals surface area contributed by atoms with Crippen molar-refractivity contribution in [2.45, 2.75) is 49.8 Å². The van der Waals surface area contributed by atoms with Crippen LogP contribution in [0.1, 0.15) is 53.6 Å². The van der Waals surface area contributed by atoms with Crippen LogP contribution in [0.2, 0.25) is 0 Å². The minimum absolute atomic E-state index is 0. The second-order valence-electron chi connectivity index (χ2n) is 8.62. The number of methoxy groups -OCH3 is 2. The molecule has 0 saturated heterocycles. The van der Waals surface area contributed by atoms with Gasteiger partial charge >= 0.3 is 0 Å². The standard InChI is InChI=1S/C25H29ClO3.ClH/c1-28-22-13-20-16-25(26,24(27)21(20)14-23(22)29-2)15-19-10-8-18(9-11-19)12-17-6-4-3-5-7-17;/h3-7,13-14,18-19H,8-12,15-16H2,1-2H3;1H. The molecule has 2 aromatic carbocycles. The lowest BCUT2D eigenvalue weighted by Crippen LogP contribution is -2.33. The van der Waals surface area contributed by atoms with Crippen molar-refractivity contribution in [1.29, 1.82) is 0 Å². The molecule has 1 unspecified atom stereocenters. The SMILES string of the molecule is COc1cc2c(cc1OC)C(=O)C(Cl)(CC1CCC(Cc3ccccc3)CC1)C2.Cl. The van der Waals surface area contributed by atoms with E-state index in [0.29, 0.717) is 29.4 Å². The van der Waals surface area contributed by atoms with Crippen molar-refractivity contribution in [2.24, 2.45) is 11.8 Å². The lowest BCUT2D eigenvalue weighted by atomic mass is 9.75. The summed E-state index contributed by atoms with van der Waals surface area (Å²) in [4.78, 5) is 12.3. The zero-order valence-corrected chi connectivity index (χ0v) is 19.2. The molecule has 0 bridgehead atoms. The van der Waals surface area contributed by atoms with Crippen molar-refractivity contribution >= 4 is 29.8 Å². The first-order chi connectivity index (χ1) is 14.0. The highest BCUT2D eigenvalue weighted by atomic mass is 35.5. The van der Waals surface area contributed by atoms with E-state index in [9.17, 15) is 4.79 Å². The minimum atomic E-state index is -0.823. The molecule has 4 rings (SSSR count). The number of hydrogen-bond acceptors (Lipinski definition) is 3. The van der Waals surface area contributed by atoms with Crippen LogP contribution in [-0.4, -0.2) is 24.9 Å². The largest absolute Gasteiger partial charge is 0.493 e. The number of rotatable bonds is 6. The number of halogens is 2. The summed E-state index contributed by atoms with van der Waals surface area (Å²) in [6, 6.07) is 14.4. The fourth-order valence-electron chi connectivity index (χ4n) is 5.11. The molecule has 0 amide bonds. The molecule has 1 atom stereocenters. The normalized spacial score (nSPS) is 25.4. The highest BCUT2D eigenvalue weighted by Gasteiger charge is 2.46. The smallest absolute Gasteiger partial charge is 0.184 e. The van der Waals surface area contributed by atoms with E-state index in [1.165, 1.54) is 18.4 Å². The summed E-state index contributed by atoms with van der Waals surface area (Å²) in [5.41, 5.74) is 3.09. The third-order valence-electron chi connectivity index (χ3n) is 6.68. The molecule has 3 nitrogen and oxygen atoms in total. The maximum absolute atomic E-state index is 13.1. The molecule has 1 fully saturated rings. The van der Waals surface area contributed by atoms with Crippen molar-refractivity contribution in [3.63, 3.8) is 0 Å². The van der Waals surface area contributed by atoms with E-state index in [1.807, 2.05) is 6.07 Å². The number of ketones is 1. The van der Waals surface area contributed by atoms with E-state index < -0.39 is 4.87 Å². The molecule has 0 heterocycles. The van der Waals surface area contributed by atoms with Crippen molar-refractivity contribution in [3.05, 3.63) is 59.2 Å². The molecule has 0 N–H and O–H groups in total. The first-order valence-corrected chi connectivity index (χ1v) is 10.9. The Bertz CT molecular complexity index is 875. The second-order valence-corrected chi connectivity index (χ2v) is 9.34. The van der Waals surface area contributed by atoms with Crippen molar-refractivity contribution < 1.29 is 14.3 Å². The van der Waals surface area contributed by atoms with E-state index in [1.54, 1.807) is 20.3 Å². The van der Waals surface area contributed by atoms with E-state index >= 15 is 0 Å². The van der Waals surface area contributed by atoms with Gasteiger partial charge in [-0.15, -0.1) is 24.0 Å². The van der Waals surface area contributed by atoms with Crippen LogP contribution in [0.5, 0.6) is 11.5 Å². The molecule has 0 spiro atoms. The first-order valence-electron chi connectivity index (χ1n) is 10.5. The van der Waals surface area contributed by atoms with Gasteiger partial charge in [-0.3, -0.25) is 4.79 Å². The van der Waals surface area contributed by atoms with Gasteiger partial charge in [0.1, 0.15) is 4.87 Å². The number of carbonyl (C=O) groups is 1. The van der Waals surface area contributed by atoms with Crippen LogP contribution in [0.3, 0.4) is 0 Å². The molecule has 30 heavy (non-hydrogen) atoms. The molecule has 162 valence electrons. The Labute approximate surface area is 190 Å². The van der Waals surface area contributed by atoms with Gasteiger partial charge in [0.05, 0.1) is 14.2 Å². The monoisotopic (exact) mass is 448 g/mol. The predicted molar refractivity (Wildman–Crippen MR) is 124 cm³/mol. The Morgan fingerprint density at radius 1 is 0.967 bits per heavy atom. The first kappa shape index (κ1) is 23.0. The van der Waals surface area contributed by atoms with E-state index in [2.05, 4.69) is 30.3 Å². The summed E-state index contributed by atoms with van der Waals surface area (Å²) in [7, 11) is 3.20. The third-order valence-corrected chi connectivity index (χ3v) is 7.14. The highest BCUT2D eigenvalue weighted by molar-refractivity contribution is 6.39. The fraction of sp³-hybridized carbons (Fsp3) is 0.480. The van der Waals surface area contributed by atoms with Crippen LogP contribution in [0.4, 0.5) is 0 Å². The summed E-state index contributed by atoms with van der Waals surface area (Å²) >= 11 is 6.95. The Morgan fingerprint density at radius 3 is 2.20 bits per heavy atom. The number of hydrogen-bond donors (Lipinski definition) is 0. The summed E-state index contributed by atoms with van der Waals surface area (Å²) in [6.07, 6.45) is 7.23. The lowest BCUT2D eigenvalue weighted by Gasteiger charge is -2.32. The Morgan fingerprint density at radius 2 is 1.57 bits per heavy atom. The Hall–Kier alpha value is -1.71. The van der Waals surface area contributed by atoms with Gasteiger partial charge in [-0.25, -0.2) is 0 Å². The number of carbonyl (C=O) groups excluding carboxylic acids is 1. The quantitative estimate of drug-likeness (QED) is 0.487. The summed E-state index contributed by atoms with van der Waals surface area (Å²) in [6.45, 7) is 0. The lowest BCUT2D eigenvalue weighted by molar-refractivity contribution is 0.0929. The van der Waals surface area contributed by atoms with E-state index in [4.69, 9.17) is 21.1 Å². The zero-order valence-electron chi connectivity index (χ0n) is 17.7. The number of benzene rings is 2. The Balaban J connectivity index is 0.00000256. The van der Waals surface area contributed by atoms with Crippen LogP contribution < -0.4 is 9.47 Å². The molecule has 2 aliphatic rings.